The van der Waals surface area contributed by atoms with Gasteiger partial charge in [-0.25, -0.2) is 4.18 Å². The monoisotopic (exact) mass is 877 g/mol. The van der Waals surface area contributed by atoms with E-state index in [4.69, 9.17) is 8.74 Å². The summed E-state index contributed by atoms with van der Waals surface area (Å²) in [6.07, 6.45) is 32.3. The Bertz CT molecular complexity index is 1660. The molecule has 8 rings (SSSR count). The Morgan fingerprint density at radius 2 is 1.05 bits per heavy atom. The van der Waals surface area contributed by atoms with Crippen LogP contribution in [0.4, 0.5) is 0 Å². The third-order valence-electron chi connectivity index (χ3n) is 20.8. The van der Waals surface area contributed by atoms with Crippen LogP contribution in [0.2, 0.25) is 0 Å². The van der Waals surface area contributed by atoms with E-state index in [1.807, 2.05) is 0 Å². The summed E-state index contributed by atoms with van der Waals surface area (Å²) >= 11 is 0. The van der Waals surface area contributed by atoms with Gasteiger partial charge in [0.05, 0.1) is 12.2 Å². The first-order valence-corrected chi connectivity index (χ1v) is 27.3. The molecule has 0 heterocycles. The summed E-state index contributed by atoms with van der Waals surface area (Å²) in [6.45, 7) is 24.8. The van der Waals surface area contributed by atoms with Gasteiger partial charge in [-0.15, -0.1) is 0 Å². The van der Waals surface area contributed by atoms with Crippen molar-refractivity contribution in [1.29, 1.82) is 0 Å². The Kier molecular flexibility index (Phi) is 16.5. The average molecular weight is 877 g/mol. The molecule has 6 saturated carbocycles. The number of aliphatic hydroxyl groups is 1. The van der Waals surface area contributed by atoms with Gasteiger partial charge in [-0.2, -0.15) is 8.42 Å². The minimum atomic E-state index is -4.38. The van der Waals surface area contributed by atoms with Crippen molar-refractivity contribution in [2.45, 2.75) is 223 Å². The summed E-state index contributed by atoms with van der Waals surface area (Å²) in [6, 6.07) is 0. The number of fused-ring (bicyclic) bond motifs is 10. The first-order chi connectivity index (χ1) is 28.2. The summed E-state index contributed by atoms with van der Waals surface area (Å²) in [7, 11) is -4.38. The molecular weight excluding hydrogens is 784 g/mol. The van der Waals surface area contributed by atoms with Gasteiger partial charge >= 0.3 is 40.0 Å². The maximum atomic E-state index is 11.2. The van der Waals surface area contributed by atoms with Crippen LogP contribution in [0.15, 0.2) is 23.3 Å². The Labute approximate surface area is 398 Å². The van der Waals surface area contributed by atoms with Gasteiger partial charge in [0.2, 0.25) is 0 Å². The number of allylic oxidation sites excluding steroid dienone is 2. The Balaban J connectivity index is 0.000000202. The predicted molar refractivity (Wildman–Crippen MR) is 256 cm³/mol. The zero-order valence-corrected chi connectivity index (χ0v) is 41.1. The fourth-order valence-electron chi connectivity index (χ4n) is 17.6. The second kappa shape index (κ2) is 19.9. The molecule has 0 amide bonds. The minimum absolute atomic E-state index is 0. The van der Waals surface area contributed by atoms with Crippen molar-refractivity contribution in [1.82, 2.24) is 0 Å². The summed E-state index contributed by atoms with van der Waals surface area (Å²) < 4.78 is 36.6. The summed E-state index contributed by atoms with van der Waals surface area (Å²) in [4.78, 5) is 0. The van der Waals surface area contributed by atoms with Gasteiger partial charge in [0.1, 0.15) is 0 Å². The molecule has 0 radical (unpaired) electrons. The summed E-state index contributed by atoms with van der Waals surface area (Å²) in [5, 5.41) is 10.2. The molecule has 8 aliphatic carbocycles. The van der Waals surface area contributed by atoms with Crippen LogP contribution < -0.4 is 0 Å². The van der Waals surface area contributed by atoms with Crippen molar-refractivity contribution >= 4 is 40.0 Å². The molecule has 0 bridgehead atoms. The van der Waals surface area contributed by atoms with Crippen molar-refractivity contribution in [2.75, 3.05) is 0 Å². The average Bonchev–Trinajstić information content (AvgIpc) is 3.71. The van der Waals surface area contributed by atoms with Crippen LogP contribution in [0, 0.1) is 92.7 Å². The summed E-state index contributed by atoms with van der Waals surface area (Å²) in [5.74, 6) is 10.3. The first kappa shape index (κ1) is 50.7. The van der Waals surface area contributed by atoms with Crippen LogP contribution in [-0.4, -0.2) is 59.8 Å². The number of hydrogen-bond donors (Lipinski definition) is 2. The Hall–Kier alpha value is 0.310. The molecule has 346 valence electrons. The molecule has 0 spiro atoms. The standard InChI is InChI=1S/C27H46O4S.C27H46O.Na.H/c1-18(2)7-6-8-19(3)23-11-12-24-22-10-9-20-17-21(31-32(28,29)30)13-15-26(20,4)25(22)14-16-27(23,24)5;1-18(2)7-6-8-19(3)23-11-12-24-22-10-9-20-17-21(28)13-15-26(20,4)25(22)14-16-27(23,24)5;;/h9,18-19,21-25H,6-8,10-17H2,1-5H3,(H,28,29,30);9,18-19,21-25,28H,6-8,10-17H2,1-5H3;;/t19-,21?,22?,23-,24?,25?,26+,27-;19-,21?,22-,23-,24?,25-,26+,27-;;/m11../s1. The van der Waals surface area contributed by atoms with E-state index in [0.717, 1.165) is 90.8 Å². The molecule has 7 heteroatoms. The molecular formula is C54H93NaO5S. The van der Waals surface area contributed by atoms with E-state index in [-0.39, 0.29) is 41.1 Å². The van der Waals surface area contributed by atoms with Crippen LogP contribution >= 0.6 is 0 Å². The van der Waals surface area contributed by atoms with Gasteiger partial charge in [0.25, 0.3) is 0 Å². The molecule has 0 aromatic heterocycles. The van der Waals surface area contributed by atoms with Gasteiger partial charge in [-0.1, -0.05) is 131 Å². The van der Waals surface area contributed by atoms with Crippen LogP contribution in [-0.2, 0) is 14.6 Å². The number of aliphatic hydroxyl groups excluding tert-OH is 1. The molecule has 0 aromatic rings. The molecule has 0 aromatic carbocycles. The summed E-state index contributed by atoms with van der Waals surface area (Å²) in [5.41, 5.74) is 4.65. The molecule has 2 N–H and O–H groups in total. The van der Waals surface area contributed by atoms with Crippen LogP contribution in [0.3, 0.4) is 0 Å². The SMILES string of the molecule is CC(C)CCC[C@@H](C)[C@H]1CCC2C3CC=C4CC(OS(=O)(=O)O)CC[C@]4(C)C3CC[C@@]21C.CC(C)CCC[C@@H](C)[C@H]1CCC2[C@H]3CC=C4CC(O)CC[C@]4(C)[C@@H]3CC[C@@]21C.[NaH]. The third-order valence-corrected chi connectivity index (χ3v) is 21.3. The first-order valence-electron chi connectivity index (χ1n) is 25.9. The molecule has 61 heavy (non-hydrogen) atoms. The second-order valence-electron chi connectivity index (χ2n) is 24.9. The van der Waals surface area contributed by atoms with Crippen molar-refractivity contribution in [3.63, 3.8) is 0 Å². The van der Waals surface area contributed by atoms with E-state index >= 15 is 0 Å². The Morgan fingerprint density at radius 3 is 1.49 bits per heavy atom. The zero-order chi connectivity index (χ0) is 43.4. The van der Waals surface area contributed by atoms with Gasteiger partial charge < -0.3 is 5.11 Å². The quantitative estimate of drug-likeness (QED) is 0.116. The van der Waals surface area contributed by atoms with Crippen molar-refractivity contribution in [3.8, 4) is 0 Å². The molecule has 8 aliphatic rings. The van der Waals surface area contributed by atoms with Gasteiger partial charge in [-0.05, 0) is 195 Å². The second-order valence-corrected chi connectivity index (χ2v) is 25.9. The molecule has 5 nitrogen and oxygen atoms in total. The van der Waals surface area contributed by atoms with E-state index in [1.165, 1.54) is 108 Å². The van der Waals surface area contributed by atoms with E-state index in [0.29, 0.717) is 35.0 Å². The van der Waals surface area contributed by atoms with Crippen molar-refractivity contribution in [3.05, 3.63) is 23.3 Å². The number of rotatable bonds is 12. The van der Waals surface area contributed by atoms with Crippen molar-refractivity contribution in [2.24, 2.45) is 92.7 Å². The van der Waals surface area contributed by atoms with Crippen LogP contribution in [0.25, 0.3) is 0 Å². The van der Waals surface area contributed by atoms with E-state index < -0.39 is 16.5 Å². The molecule has 6 unspecified atom stereocenters. The predicted octanol–water partition coefficient (Wildman–Crippen LogP) is 14.0. The van der Waals surface area contributed by atoms with Crippen LogP contribution in [0.1, 0.15) is 210 Å². The fourth-order valence-corrected chi connectivity index (χ4v) is 18.1. The molecule has 16 atom stereocenters. The van der Waals surface area contributed by atoms with Crippen LogP contribution in [0.5, 0.6) is 0 Å². The van der Waals surface area contributed by atoms with E-state index in [9.17, 15) is 13.5 Å². The molecule has 0 saturated heterocycles. The van der Waals surface area contributed by atoms with Gasteiger partial charge in [0, 0.05) is 0 Å². The normalized spacial score (nSPS) is 43.8. The molecule has 6 fully saturated rings. The van der Waals surface area contributed by atoms with Gasteiger partial charge in [-0.3, -0.25) is 4.55 Å². The zero-order valence-electron chi connectivity index (χ0n) is 40.3. The van der Waals surface area contributed by atoms with Gasteiger partial charge in [0.15, 0.2) is 0 Å². The number of hydrogen-bond acceptors (Lipinski definition) is 4. The fraction of sp³-hybridized carbons (Fsp3) is 0.926. The topological polar surface area (TPSA) is 83.8 Å². The third kappa shape index (κ3) is 10.3. The van der Waals surface area contributed by atoms with E-state index in [1.54, 1.807) is 5.57 Å². The maximum absolute atomic E-state index is 11.2. The van der Waals surface area contributed by atoms with E-state index in [2.05, 4.69) is 81.4 Å². The van der Waals surface area contributed by atoms with Crippen molar-refractivity contribution < 1.29 is 22.3 Å². The Morgan fingerprint density at radius 1 is 0.607 bits per heavy atom. The molecule has 0 aliphatic heterocycles.